The Morgan fingerprint density at radius 1 is 1.19 bits per heavy atom. The van der Waals surface area contributed by atoms with Crippen LogP contribution in [0.25, 0.3) is 0 Å². The van der Waals surface area contributed by atoms with Crippen LogP contribution in [0.2, 0.25) is 0 Å². The second-order valence-electron chi connectivity index (χ2n) is 6.61. The first-order chi connectivity index (χ1) is 10.1. The zero-order chi connectivity index (χ0) is 15.0. The fourth-order valence-corrected chi connectivity index (χ4v) is 4.10. The minimum atomic E-state index is -0.0430. The van der Waals surface area contributed by atoms with Crippen molar-refractivity contribution >= 4 is 0 Å². The number of nitrogens with one attached hydrogen (secondary N) is 1. The standard InChI is InChI=1S/C17H27NO3/c1-11-12(2)21-13(3)15(11)16(18-4)14-5-7-20-17(9-14)6-8-19-10-17/h14,16,18H,5-10H2,1-4H3. The van der Waals surface area contributed by atoms with Gasteiger partial charge in [-0.3, -0.25) is 0 Å². The smallest absolute Gasteiger partial charge is 0.106 e. The summed E-state index contributed by atoms with van der Waals surface area (Å²) in [6.45, 7) is 8.71. The Bertz CT molecular complexity index is 502. The number of hydrogen-bond donors (Lipinski definition) is 1. The summed E-state index contributed by atoms with van der Waals surface area (Å²) in [5, 5.41) is 3.53. The summed E-state index contributed by atoms with van der Waals surface area (Å²) in [4.78, 5) is 0. The maximum Gasteiger partial charge on any atom is 0.106 e. The van der Waals surface area contributed by atoms with Crippen LogP contribution in [0.5, 0.6) is 0 Å². The Hall–Kier alpha value is -0.840. The number of aryl methyl sites for hydroxylation is 2. The molecule has 1 N–H and O–H groups in total. The van der Waals surface area contributed by atoms with E-state index in [-0.39, 0.29) is 5.60 Å². The summed E-state index contributed by atoms with van der Waals surface area (Å²) >= 11 is 0. The van der Waals surface area contributed by atoms with E-state index in [2.05, 4.69) is 33.1 Å². The van der Waals surface area contributed by atoms with Crippen LogP contribution in [-0.2, 0) is 9.47 Å². The minimum absolute atomic E-state index is 0.0430. The highest BCUT2D eigenvalue weighted by Crippen LogP contribution is 2.42. The van der Waals surface area contributed by atoms with Crippen LogP contribution in [-0.4, -0.2) is 32.5 Å². The van der Waals surface area contributed by atoms with E-state index in [0.29, 0.717) is 12.0 Å². The second kappa shape index (κ2) is 5.75. The molecule has 1 aromatic rings. The second-order valence-corrected chi connectivity index (χ2v) is 6.61. The molecule has 3 heterocycles. The highest BCUT2D eigenvalue weighted by Gasteiger charge is 2.43. The van der Waals surface area contributed by atoms with E-state index in [0.717, 1.165) is 50.6 Å². The molecule has 118 valence electrons. The van der Waals surface area contributed by atoms with Crippen molar-refractivity contribution in [1.29, 1.82) is 0 Å². The predicted octanol–water partition coefficient (Wildman–Crippen LogP) is 3.05. The fraction of sp³-hybridized carbons (Fsp3) is 0.765. The lowest BCUT2D eigenvalue weighted by Gasteiger charge is -2.40. The van der Waals surface area contributed by atoms with Gasteiger partial charge in [0.05, 0.1) is 12.2 Å². The molecule has 0 bridgehead atoms. The lowest BCUT2D eigenvalue weighted by molar-refractivity contribution is -0.103. The third-order valence-corrected chi connectivity index (χ3v) is 5.31. The Kier molecular flexibility index (Phi) is 4.12. The number of hydrogen-bond acceptors (Lipinski definition) is 4. The van der Waals surface area contributed by atoms with Gasteiger partial charge in [-0.2, -0.15) is 0 Å². The Morgan fingerprint density at radius 3 is 2.57 bits per heavy atom. The van der Waals surface area contributed by atoms with Crippen molar-refractivity contribution in [3.8, 4) is 0 Å². The topological polar surface area (TPSA) is 43.6 Å². The van der Waals surface area contributed by atoms with E-state index < -0.39 is 0 Å². The van der Waals surface area contributed by atoms with Crippen molar-refractivity contribution in [3.63, 3.8) is 0 Å². The van der Waals surface area contributed by atoms with Crippen LogP contribution in [0.15, 0.2) is 4.42 Å². The highest BCUT2D eigenvalue weighted by molar-refractivity contribution is 5.35. The van der Waals surface area contributed by atoms with Crippen LogP contribution >= 0.6 is 0 Å². The van der Waals surface area contributed by atoms with Gasteiger partial charge < -0.3 is 19.2 Å². The van der Waals surface area contributed by atoms with Crippen molar-refractivity contribution in [3.05, 3.63) is 22.6 Å². The van der Waals surface area contributed by atoms with Crippen LogP contribution in [0.3, 0.4) is 0 Å². The Balaban J connectivity index is 1.85. The van der Waals surface area contributed by atoms with E-state index >= 15 is 0 Å². The quantitative estimate of drug-likeness (QED) is 0.930. The molecular weight excluding hydrogens is 266 g/mol. The van der Waals surface area contributed by atoms with E-state index in [9.17, 15) is 0 Å². The van der Waals surface area contributed by atoms with Gasteiger partial charge >= 0.3 is 0 Å². The maximum atomic E-state index is 6.08. The Morgan fingerprint density at radius 2 is 2.00 bits per heavy atom. The molecule has 0 saturated carbocycles. The first-order valence-electron chi connectivity index (χ1n) is 8.02. The van der Waals surface area contributed by atoms with Gasteiger partial charge in [0.2, 0.25) is 0 Å². The van der Waals surface area contributed by atoms with Gasteiger partial charge in [0, 0.05) is 31.2 Å². The highest BCUT2D eigenvalue weighted by atomic mass is 16.6. The van der Waals surface area contributed by atoms with Gasteiger partial charge in [-0.15, -0.1) is 0 Å². The van der Waals surface area contributed by atoms with E-state index in [1.54, 1.807) is 0 Å². The number of furan rings is 1. The molecule has 1 aromatic heterocycles. The summed E-state index contributed by atoms with van der Waals surface area (Å²) in [7, 11) is 2.05. The van der Waals surface area contributed by atoms with Gasteiger partial charge in [0.1, 0.15) is 11.5 Å². The van der Waals surface area contributed by atoms with Gasteiger partial charge in [-0.1, -0.05) is 0 Å². The van der Waals surface area contributed by atoms with E-state index in [1.165, 1.54) is 11.1 Å². The molecule has 0 amide bonds. The minimum Gasteiger partial charge on any atom is -0.466 e. The van der Waals surface area contributed by atoms with Crippen molar-refractivity contribution in [2.24, 2.45) is 5.92 Å². The monoisotopic (exact) mass is 293 g/mol. The molecule has 0 radical (unpaired) electrons. The maximum absolute atomic E-state index is 6.08. The molecule has 3 rings (SSSR count). The zero-order valence-corrected chi connectivity index (χ0v) is 13.6. The van der Waals surface area contributed by atoms with Crippen LogP contribution in [0.1, 0.15) is 48.0 Å². The molecule has 4 nitrogen and oxygen atoms in total. The summed E-state index contributed by atoms with van der Waals surface area (Å²) in [5.74, 6) is 2.65. The van der Waals surface area contributed by atoms with Crippen LogP contribution in [0.4, 0.5) is 0 Å². The lowest BCUT2D eigenvalue weighted by Crippen LogP contribution is -2.43. The largest absolute Gasteiger partial charge is 0.466 e. The van der Waals surface area contributed by atoms with E-state index in [4.69, 9.17) is 13.9 Å². The zero-order valence-electron chi connectivity index (χ0n) is 13.6. The molecule has 3 unspecified atom stereocenters. The lowest BCUT2D eigenvalue weighted by atomic mass is 9.78. The molecule has 21 heavy (non-hydrogen) atoms. The van der Waals surface area contributed by atoms with Crippen molar-refractivity contribution in [1.82, 2.24) is 5.32 Å². The predicted molar refractivity (Wildman–Crippen MR) is 81.6 cm³/mol. The fourth-order valence-electron chi connectivity index (χ4n) is 4.10. The molecule has 2 aliphatic heterocycles. The average molecular weight is 293 g/mol. The van der Waals surface area contributed by atoms with Crippen LogP contribution in [0, 0.1) is 26.7 Å². The molecule has 2 saturated heterocycles. The van der Waals surface area contributed by atoms with Gasteiger partial charge in [0.15, 0.2) is 0 Å². The summed E-state index contributed by atoms with van der Waals surface area (Å²) in [6.07, 6.45) is 3.19. The van der Waals surface area contributed by atoms with Crippen molar-refractivity contribution in [2.45, 2.75) is 51.7 Å². The molecule has 0 aromatic carbocycles. The summed E-state index contributed by atoms with van der Waals surface area (Å²) in [6, 6.07) is 0.337. The molecule has 4 heteroatoms. The molecule has 0 aliphatic carbocycles. The van der Waals surface area contributed by atoms with Crippen LogP contribution < -0.4 is 5.32 Å². The SMILES string of the molecule is CNC(c1c(C)oc(C)c1C)C1CCOC2(CCOC2)C1. The third-order valence-electron chi connectivity index (χ3n) is 5.31. The van der Waals surface area contributed by atoms with E-state index in [1.807, 2.05) is 0 Å². The van der Waals surface area contributed by atoms with Crippen molar-refractivity contribution < 1.29 is 13.9 Å². The average Bonchev–Trinajstić information content (AvgIpc) is 3.00. The normalized spacial score (nSPS) is 31.0. The summed E-state index contributed by atoms with van der Waals surface area (Å²) in [5.41, 5.74) is 2.59. The molecule has 2 aliphatic rings. The number of rotatable bonds is 3. The third kappa shape index (κ3) is 2.65. The van der Waals surface area contributed by atoms with Gasteiger partial charge in [0.25, 0.3) is 0 Å². The van der Waals surface area contributed by atoms with Crippen molar-refractivity contribution in [2.75, 3.05) is 26.9 Å². The molecular formula is C17H27NO3. The number of ether oxygens (including phenoxy) is 2. The molecule has 1 spiro atoms. The van der Waals surface area contributed by atoms with Gasteiger partial charge in [-0.25, -0.2) is 0 Å². The molecule has 2 fully saturated rings. The van der Waals surface area contributed by atoms with Gasteiger partial charge in [-0.05, 0) is 52.1 Å². The Labute approximate surface area is 127 Å². The summed E-state index contributed by atoms with van der Waals surface area (Å²) < 4.78 is 17.5. The molecule has 3 atom stereocenters. The first-order valence-corrected chi connectivity index (χ1v) is 8.02. The first kappa shape index (κ1) is 15.1.